The first-order valence-corrected chi connectivity index (χ1v) is 7.59. The normalized spacial score (nSPS) is 16.0. The van der Waals surface area contributed by atoms with Gasteiger partial charge in [0.15, 0.2) is 5.82 Å². The Bertz CT molecular complexity index is 533. The van der Waals surface area contributed by atoms with Gasteiger partial charge < -0.3 is 15.0 Å². The van der Waals surface area contributed by atoms with Crippen molar-refractivity contribution < 1.29 is 14.3 Å². The monoisotopic (exact) mass is 321 g/mol. The van der Waals surface area contributed by atoms with Gasteiger partial charge in [0.2, 0.25) is 6.41 Å². The molecule has 1 fully saturated rings. The fourth-order valence-corrected chi connectivity index (χ4v) is 2.22. The predicted octanol–water partition coefficient (Wildman–Crippen LogP) is 1.10. The molecule has 1 aromatic heterocycles. The highest BCUT2D eigenvalue weighted by Crippen LogP contribution is 2.13. The van der Waals surface area contributed by atoms with Crippen molar-refractivity contribution in [3.8, 4) is 0 Å². The molecular weight excluding hydrogens is 298 g/mol. The molecule has 1 aromatic rings. The van der Waals surface area contributed by atoms with Crippen LogP contribution in [0.5, 0.6) is 0 Å². The minimum absolute atomic E-state index is 0.263. The van der Waals surface area contributed by atoms with Crippen molar-refractivity contribution in [1.82, 2.24) is 19.8 Å². The van der Waals surface area contributed by atoms with Crippen LogP contribution in [0.15, 0.2) is 12.4 Å². The van der Waals surface area contributed by atoms with Gasteiger partial charge in [-0.1, -0.05) is 0 Å². The maximum absolute atomic E-state index is 12.0. The topological polar surface area (TPSA) is 87.7 Å². The molecule has 1 aliphatic rings. The van der Waals surface area contributed by atoms with Crippen LogP contribution in [0, 0.1) is 0 Å². The number of nitrogens with one attached hydrogen (secondary N) is 1. The van der Waals surface area contributed by atoms with E-state index in [0.29, 0.717) is 31.9 Å². The van der Waals surface area contributed by atoms with Gasteiger partial charge >= 0.3 is 6.09 Å². The number of rotatable bonds is 4. The Hall–Kier alpha value is -2.22. The summed E-state index contributed by atoms with van der Waals surface area (Å²) in [5.41, 5.74) is 0.355. The highest BCUT2D eigenvalue weighted by atomic mass is 16.6. The zero-order chi connectivity index (χ0) is 16.9. The molecule has 23 heavy (non-hydrogen) atoms. The van der Waals surface area contributed by atoms with Crippen LogP contribution < -0.4 is 5.32 Å². The number of hydrogen-bond donors (Lipinski definition) is 1. The first-order valence-electron chi connectivity index (χ1n) is 7.59. The van der Waals surface area contributed by atoms with Crippen LogP contribution in [0.4, 0.5) is 10.6 Å². The molecule has 0 atom stereocenters. The molecule has 1 N–H and O–H groups in total. The van der Waals surface area contributed by atoms with E-state index in [-0.39, 0.29) is 6.09 Å². The van der Waals surface area contributed by atoms with E-state index in [2.05, 4.69) is 20.2 Å². The number of piperazine rings is 1. The fourth-order valence-electron chi connectivity index (χ4n) is 2.22. The summed E-state index contributed by atoms with van der Waals surface area (Å²) >= 11 is 0. The lowest BCUT2D eigenvalue weighted by Crippen LogP contribution is -2.49. The Balaban J connectivity index is 1.80. The number of ether oxygens (including phenoxy) is 1. The third-order valence-electron chi connectivity index (χ3n) is 3.32. The lowest BCUT2D eigenvalue weighted by Gasteiger charge is -2.35. The van der Waals surface area contributed by atoms with E-state index in [1.165, 1.54) is 6.20 Å². The number of hydrogen-bond acceptors (Lipinski definition) is 6. The minimum atomic E-state index is -0.471. The summed E-state index contributed by atoms with van der Waals surface area (Å²) in [6.45, 7) is 9.04. The molecule has 126 valence electrons. The van der Waals surface area contributed by atoms with E-state index in [1.54, 1.807) is 11.1 Å². The molecule has 8 heteroatoms. The third kappa shape index (κ3) is 5.48. The fraction of sp³-hybridized carbons (Fsp3) is 0.600. The maximum atomic E-state index is 12.0. The first kappa shape index (κ1) is 17.1. The van der Waals surface area contributed by atoms with Gasteiger partial charge in [0, 0.05) is 32.7 Å². The molecule has 2 rings (SSSR count). The Morgan fingerprint density at radius 1 is 1.26 bits per heavy atom. The lowest BCUT2D eigenvalue weighted by molar-refractivity contribution is -0.105. The van der Waals surface area contributed by atoms with E-state index in [0.717, 1.165) is 18.8 Å². The van der Waals surface area contributed by atoms with Gasteiger partial charge in [-0.25, -0.2) is 9.78 Å². The van der Waals surface area contributed by atoms with Gasteiger partial charge in [-0.3, -0.25) is 14.7 Å². The van der Waals surface area contributed by atoms with Gasteiger partial charge in [-0.15, -0.1) is 0 Å². The van der Waals surface area contributed by atoms with Crippen molar-refractivity contribution in [2.24, 2.45) is 0 Å². The van der Waals surface area contributed by atoms with Crippen LogP contribution >= 0.6 is 0 Å². The number of aromatic nitrogens is 2. The molecule has 0 aliphatic carbocycles. The summed E-state index contributed by atoms with van der Waals surface area (Å²) in [6.07, 6.45) is 3.48. The molecule has 8 nitrogen and oxygen atoms in total. The Morgan fingerprint density at radius 2 is 1.96 bits per heavy atom. The van der Waals surface area contributed by atoms with Crippen LogP contribution in [-0.4, -0.2) is 64.1 Å². The van der Waals surface area contributed by atoms with E-state index >= 15 is 0 Å². The van der Waals surface area contributed by atoms with Crippen LogP contribution in [-0.2, 0) is 16.1 Å². The number of nitrogens with zero attached hydrogens (tertiary/aromatic N) is 4. The van der Waals surface area contributed by atoms with Gasteiger partial charge in [-0.2, -0.15) is 0 Å². The second-order valence-electron chi connectivity index (χ2n) is 6.40. The van der Waals surface area contributed by atoms with Crippen molar-refractivity contribution in [1.29, 1.82) is 0 Å². The van der Waals surface area contributed by atoms with Gasteiger partial charge in [0.05, 0.1) is 18.1 Å². The van der Waals surface area contributed by atoms with Gasteiger partial charge in [-0.05, 0) is 20.8 Å². The van der Waals surface area contributed by atoms with Crippen LogP contribution in [0.2, 0.25) is 0 Å². The van der Waals surface area contributed by atoms with Crippen LogP contribution in [0.25, 0.3) is 0 Å². The average Bonchev–Trinajstić information content (AvgIpc) is 2.48. The smallest absolute Gasteiger partial charge is 0.410 e. The zero-order valence-electron chi connectivity index (χ0n) is 13.8. The van der Waals surface area contributed by atoms with Gasteiger partial charge in [0.1, 0.15) is 5.60 Å². The standard InChI is InChI=1S/C15H23N5O3/c1-15(2,3)23-14(22)20-6-4-19(5-7-20)10-12-8-17-13(9-16-12)18-11-21/h8-9,11H,4-7,10H2,1-3H3,(H,17,18,21). The average molecular weight is 321 g/mol. The van der Waals surface area contributed by atoms with E-state index in [1.807, 2.05) is 20.8 Å². The lowest BCUT2D eigenvalue weighted by atomic mass is 10.2. The molecule has 1 saturated heterocycles. The summed E-state index contributed by atoms with van der Waals surface area (Å²) in [4.78, 5) is 34.6. The number of amides is 2. The van der Waals surface area contributed by atoms with E-state index in [4.69, 9.17) is 4.74 Å². The number of carbonyl (C=O) groups excluding carboxylic acids is 2. The number of carbonyl (C=O) groups is 2. The molecule has 2 heterocycles. The molecule has 0 saturated carbocycles. The summed E-state index contributed by atoms with van der Waals surface area (Å²) in [5.74, 6) is 0.429. The number of anilines is 1. The summed E-state index contributed by atoms with van der Waals surface area (Å²) in [6, 6.07) is 0. The zero-order valence-corrected chi connectivity index (χ0v) is 13.8. The third-order valence-corrected chi connectivity index (χ3v) is 3.32. The summed E-state index contributed by atoms with van der Waals surface area (Å²) < 4.78 is 5.38. The molecule has 0 radical (unpaired) electrons. The van der Waals surface area contributed by atoms with Crippen molar-refractivity contribution in [3.05, 3.63) is 18.1 Å². The second-order valence-corrected chi connectivity index (χ2v) is 6.40. The van der Waals surface area contributed by atoms with Crippen molar-refractivity contribution in [3.63, 3.8) is 0 Å². The minimum Gasteiger partial charge on any atom is -0.444 e. The summed E-state index contributed by atoms with van der Waals surface area (Å²) in [7, 11) is 0. The molecule has 0 spiro atoms. The van der Waals surface area contributed by atoms with E-state index < -0.39 is 5.60 Å². The molecular formula is C15H23N5O3. The largest absolute Gasteiger partial charge is 0.444 e. The summed E-state index contributed by atoms with van der Waals surface area (Å²) in [5, 5.41) is 2.45. The molecule has 0 aromatic carbocycles. The Kier molecular flexibility index (Phi) is 5.49. The quantitative estimate of drug-likeness (QED) is 0.836. The SMILES string of the molecule is CC(C)(C)OC(=O)N1CCN(Cc2cnc(NC=O)cn2)CC1. The highest BCUT2D eigenvalue weighted by Gasteiger charge is 2.25. The van der Waals surface area contributed by atoms with Crippen LogP contribution in [0.3, 0.4) is 0 Å². The van der Waals surface area contributed by atoms with E-state index in [9.17, 15) is 9.59 Å². The van der Waals surface area contributed by atoms with Crippen molar-refractivity contribution in [2.75, 3.05) is 31.5 Å². The Morgan fingerprint density at radius 3 is 2.48 bits per heavy atom. The first-order chi connectivity index (χ1) is 10.9. The molecule has 0 unspecified atom stereocenters. The molecule has 0 bridgehead atoms. The predicted molar refractivity (Wildman–Crippen MR) is 84.8 cm³/mol. The maximum Gasteiger partial charge on any atom is 0.410 e. The molecule has 2 amide bonds. The van der Waals surface area contributed by atoms with Crippen molar-refractivity contribution in [2.45, 2.75) is 32.9 Å². The Labute approximate surface area is 135 Å². The van der Waals surface area contributed by atoms with Crippen molar-refractivity contribution >= 4 is 18.3 Å². The highest BCUT2D eigenvalue weighted by molar-refractivity contribution is 5.68. The van der Waals surface area contributed by atoms with Crippen LogP contribution in [0.1, 0.15) is 26.5 Å². The van der Waals surface area contributed by atoms with Gasteiger partial charge in [0.25, 0.3) is 0 Å². The molecule has 1 aliphatic heterocycles. The second kappa shape index (κ2) is 7.36.